The number of hydrogen-bond donors (Lipinski definition) is 0. The van der Waals surface area contributed by atoms with Crippen LogP contribution < -0.4 is 4.74 Å². The van der Waals surface area contributed by atoms with Crippen molar-refractivity contribution in [3.8, 4) is 5.75 Å². The Labute approximate surface area is 173 Å². The van der Waals surface area contributed by atoms with Crippen LogP contribution in [0.5, 0.6) is 5.75 Å². The number of urea groups is 1. The van der Waals surface area contributed by atoms with E-state index in [1.807, 2.05) is 24.3 Å². The van der Waals surface area contributed by atoms with Gasteiger partial charge in [-0.05, 0) is 43.9 Å². The first kappa shape index (κ1) is 21.6. The van der Waals surface area contributed by atoms with Gasteiger partial charge in [-0.2, -0.15) is 0 Å². The third-order valence-corrected chi connectivity index (χ3v) is 6.45. The number of nitrogens with zero attached hydrogens (tertiary/aromatic N) is 3. The number of imide groups is 1. The topological polar surface area (TPSA) is 62.3 Å². The molecule has 0 aromatic heterocycles. The molecule has 2 heterocycles. The summed E-state index contributed by atoms with van der Waals surface area (Å²) in [5.41, 5.74) is 0.130. The normalized spacial score (nSPS) is 20.6. The summed E-state index contributed by atoms with van der Waals surface area (Å²) in [7, 11) is 3.23. The summed E-state index contributed by atoms with van der Waals surface area (Å²) < 4.78 is 10.5. The highest BCUT2D eigenvalue weighted by molar-refractivity contribution is 6.07. The Morgan fingerprint density at radius 2 is 1.90 bits per heavy atom. The molecule has 0 aliphatic carbocycles. The van der Waals surface area contributed by atoms with E-state index >= 15 is 0 Å². The van der Waals surface area contributed by atoms with Crippen LogP contribution in [-0.4, -0.2) is 78.7 Å². The molecule has 2 aliphatic heterocycles. The average Bonchev–Trinajstić information content (AvgIpc) is 2.93. The van der Waals surface area contributed by atoms with Crippen LogP contribution in [0.25, 0.3) is 0 Å². The first-order chi connectivity index (χ1) is 14.0. The number of carbonyl (C=O) groups is 2. The lowest BCUT2D eigenvalue weighted by Crippen LogP contribution is -2.58. The number of likely N-dealkylation sites (tertiary alicyclic amines) is 1. The first-order valence-corrected chi connectivity index (χ1v) is 10.5. The van der Waals surface area contributed by atoms with E-state index in [1.54, 1.807) is 19.1 Å². The zero-order chi connectivity index (χ0) is 21.0. The van der Waals surface area contributed by atoms with Crippen molar-refractivity contribution in [3.63, 3.8) is 0 Å². The first-order valence-electron chi connectivity index (χ1n) is 10.5. The molecule has 29 heavy (non-hydrogen) atoms. The minimum Gasteiger partial charge on any atom is -0.497 e. The van der Waals surface area contributed by atoms with Gasteiger partial charge in [0.05, 0.1) is 20.3 Å². The number of carbonyl (C=O) groups excluding carboxylic acids is 2. The Morgan fingerprint density at radius 1 is 1.17 bits per heavy atom. The molecule has 0 unspecified atom stereocenters. The molecule has 2 aliphatic rings. The van der Waals surface area contributed by atoms with Crippen LogP contribution >= 0.6 is 0 Å². The van der Waals surface area contributed by atoms with Crippen molar-refractivity contribution in [1.82, 2.24) is 14.7 Å². The van der Waals surface area contributed by atoms with Gasteiger partial charge in [0.1, 0.15) is 11.3 Å². The number of hydrogen-bond acceptors (Lipinski definition) is 5. The van der Waals surface area contributed by atoms with E-state index in [-0.39, 0.29) is 18.5 Å². The van der Waals surface area contributed by atoms with Crippen LogP contribution in [0.15, 0.2) is 24.3 Å². The fourth-order valence-electron chi connectivity index (χ4n) is 4.44. The molecule has 3 rings (SSSR count). The predicted molar refractivity (Wildman–Crippen MR) is 111 cm³/mol. The van der Waals surface area contributed by atoms with Crippen molar-refractivity contribution in [1.29, 1.82) is 0 Å². The Hall–Kier alpha value is -2.12. The smallest absolute Gasteiger partial charge is 0.328 e. The molecule has 0 radical (unpaired) electrons. The fraction of sp³-hybridized carbons (Fsp3) is 0.636. The molecule has 7 heteroatoms. The quantitative estimate of drug-likeness (QED) is 0.625. The summed E-state index contributed by atoms with van der Waals surface area (Å²) in [6, 6.07) is 7.79. The Morgan fingerprint density at radius 3 is 2.52 bits per heavy atom. The van der Waals surface area contributed by atoms with Gasteiger partial charge in [-0.1, -0.05) is 19.1 Å². The van der Waals surface area contributed by atoms with Crippen molar-refractivity contribution >= 4 is 11.9 Å². The van der Waals surface area contributed by atoms with Gasteiger partial charge in [0, 0.05) is 32.8 Å². The zero-order valence-corrected chi connectivity index (χ0v) is 18.0. The van der Waals surface area contributed by atoms with E-state index in [2.05, 4.69) is 18.7 Å². The molecule has 1 atom stereocenters. The Bertz CT molecular complexity index is 731. The molecular formula is C22H33N3O4. The van der Waals surface area contributed by atoms with Gasteiger partial charge < -0.3 is 19.3 Å². The summed E-state index contributed by atoms with van der Waals surface area (Å²) in [5, 5.41) is 0. The summed E-state index contributed by atoms with van der Waals surface area (Å²) in [6.45, 7) is 7.16. The molecule has 0 saturated carbocycles. The van der Waals surface area contributed by atoms with Gasteiger partial charge in [0.15, 0.2) is 0 Å². The van der Waals surface area contributed by atoms with Crippen LogP contribution in [0, 0.1) is 0 Å². The van der Waals surface area contributed by atoms with E-state index in [0.717, 1.165) is 30.8 Å². The summed E-state index contributed by atoms with van der Waals surface area (Å²) in [4.78, 5) is 32.4. The fourth-order valence-corrected chi connectivity index (χ4v) is 4.44. The number of rotatable bonds is 8. The standard InChI is InChI=1S/C22H33N3O4/c1-5-17(2)23-11-9-22(10-12-23)20(26)24(21(27)25(22)13-14-28-3)16-18-7-6-8-19(15-18)29-4/h6-8,15,17H,5,9-14,16H2,1-4H3/t17-/m1/s1. The van der Waals surface area contributed by atoms with Gasteiger partial charge in [0.2, 0.25) is 0 Å². The van der Waals surface area contributed by atoms with Crippen LogP contribution in [-0.2, 0) is 16.1 Å². The highest BCUT2D eigenvalue weighted by Gasteiger charge is 2.57. The molecular weight excluding hydrogens is 370 g/mol. The number of benzene rings is 1. The number of piperidine rings is 1. The molecule has 0 bridgehead atoms. The maximum Gasteiger partial charge on any atom is 0.328 e. The van der Waals surface area contributed by atoms with Crippen molar-refractivity contribution in [2.24, 2.45) is 0 Å². The van der Waals surface area contributed by atoms with Gasteiger partial charge in [-0.25, -0.2) is 4.79 Å². The largest absolute Gasteiger partial charge is 0.497 e. The van der Waals surface area contributed by atoms with Gasteiger partial charge >= 0.3 is 6.03 Å². The average molecular weight is 404 g/mol. The second kappa shape index (κ2) is 9.13. The molecule has 1 aromatic rings. The molecule has 160 valence electrons. The van der Waals surface area contributed by atoms with E-state index in [4.69, 9.17) is 9.47 Å². The predicted octanol–water partition coefficient (Wildman–Crippen LogP) is 2.74. The number of ether oxygens (including phenoxy) is 2. The highest BCUT2D eigenvalue weighted by Crippen LogP contribution is 2.38. The minimum absolute atomic E-state index is 0.0785. The third kappa shape index (κ3) is 4.12. The third-order valence-electron chi connectivity index (χ3n) is 6.45. The van der Waals surface area contributed by atoms with Gasteiger partial charge in [-0.15, -0.1) is 0 Å². The highest BCUT2D eigenvalue weighted by atomic mass is 16.5. The van der Waals surface area contributed by atoms with E-state index in [0.29, 0.717) is 32.0 Å². The van der Waals surface area contributed by atoms with Gasteiger partial charge in [0.25, 0.3) is 5.91 Å². The lowest BCUT2D eigenvalue weighted by Gasteiger charge is -2.43. The summed E-state index contributed by atoms with van der Waals surface area (Å²) >= 11 is 0. The molecule has 3 amide bonds. The van der Waals surface area contributed by atoms with E-state index in [9.17, 15) is 9.59 Å². The van der Waals surface area contributed by atoms with Crippen molar-refractivity contribution in [2.75, 3.05) is 40.5 Å². The molecule has 1 aromatic carbocycles. The SMILES string of the molecule is CC[C@@H](C)N1CCC2(CC1)C(=O)N(Cc1cccc(OC)c1)C(=O)N2CCOC. The van der Waals surface area contributed by atoms with E-state index in [1.165, 1.54) is 4.90 Å². The van der Waals surface area contributed by atoms with E-state index < -0.39 is 5.54 Å². The lowest BCUT2D eigenvalue weighted by atomic mass is 9.85. The number of methoxy groups -OCH3 is 2. The summed E-state index contributed by atoms with van der Waals surface area (Å²) in [5.74, 6) is 0.639. The minimum atomic E-state index is -0.752. The second-order valence-corrected chi connectivity index (χ2v) is 7.99. The van der Waals surface area contributed by atoms with Crippen molar-refractivity contribution < 1.29 is 19.1 Å². The molecule has 0 N–H and O–H groups in total. The summed E-state index contributed by atoms with van der Waals surface area (Å²) in [6.07, 6.45) is 2.41. The zero-order valence-electron chi connectivity index (χ0n) is 18.0. The van der Waals surface area contributed by atoms with Crippen LogP contribution in [0.1, 0.15) is 38.7 Å². The Balaban J connectivity index is 1.83. The second-order valence-electron chi connectivity index (χ2n) is 7.99. The van der Waals surface area contributed by atoms with Crippen LogP contribution in [0.2, 0.25) is 0 Å². The van der Waals surface area contributed by atoms with Crippen LogP contribution in [0.3, 0.4) is 0 Å². The monoisotopic (exact) mass is 403 g/mol. The maximum absolute atomic E-state index is 13.5. The maximum atomic E-state index is 13.5. The Kier molecular flexibility index (Phi) is 6.80. The molecule has 2 saturated heterocycles. The van der Waals surface area contributed by atoms with Crippen molar-refractivity contribution in [3.05, 3.63) is 29.8 Å². The molecule has 7 nitrogen and oxygen atoms in total. The molecule has 2 fully saturated rings. The van der Waals surface area contributed by atoms with Crippen LogP contribution in [0.4, 0.5) is 4.79 Å². The molecule has 1 spiro atoms. The van der Waals surface area contributed by atoms with Gasteiger partial charge in [-0.3, -0.25) is 9.69 Å². The number of amides is 3. The lowest BCUT2D eigenvalue weighted by molar-refractivity contribution is -0.136. The van der Waals surface area contributed by atoms with Crippen molar-refractivity contribution in [2.45, 2.75) is 51.2 Å².